The van der Waals surface area contributed by atoms with E-state index in [1.807, 2.05) is 53.1 Å². The summed E-state index contributed by atoms with van der Waals surface area (Å²) in [5.41, 5.74) is 3.43. The van der Waals surface area contributed by atoms with Crippen LogP contribution in [0.5, 0.6) is 11.5 Å². The second-order valence-electron chi connectivity index (χ2n) is 9.53. The highest BCUT2D eigenvalue weighted by Gasteiger charge is 2.49. The van der Waals surface area contributed by atoms with Crippen LogP contribution >= 0.6 is 0 Å². The Kier molecular flexibility index (Phi) is 4.93. The number of amides is 3. The molecule has 0 bridgehead atoms. The van der Waals surface area contributed by atoms with Gasteiger partial charge in [-0.15, -0.1) is 0 Å². The minimum absolute atomic E-state index is 0.0306. The molecular weight excluding hydrogens is 418 g/mol. The first kappa shape index (κ1) is 20.4. The Labute approximate surface area is 193 Å². The number of urea groups is 1. The van der Waals surface area contributed by atoms with E-state index < -0.39 is 0 Å². The number of likely N-dealkylation sites (tertiary alicyclic amines) is 1. The van der Waals surface area contributed by atoms with E-state index in [0.717, 1.165) is 54.9 Å². The molecule has 2 aromatic rings. The third kappa shape index (κ3) is 3.41. The van der Waals surface area contributed by atoms with Gasteiger partial charge in [0, 0.05) is 19.1 Å². The Hall–Kier alpha value is -3.22. The van der Waals surface area contributed by atoms with Gasteiger partial charge in [0.15, 0.2) is 11.5 Å². The molecule has 1 N–H and O–H groups in total. The number of rotatable bonds is 2. The van der Waals surface area contributed by atoms with Gasteiger partial charge in [0.1, 0.15) is 0 Å². The summed E-state index contributed by atoms with van der Waals surface area (Å²) in [6.45, 7) is 3.64. The number of piperidine rings is 2. The van der Waals surface area contributed by atoms with E-state index >= 15 is 0 Å². The maximum atomic E-state index is 13.6. The molecule has 4 aliphatic heterocycles. The molecule has 0 aromatic heterocycles. The average molecular weight is 448 g/mol. The quantitative estimate of drug-likeness (QED) is 0.760. The number of benzene rings is 2. The summed E-state index contributed by atoms with van der Waals surface area (Å²) in [7, 11) is 0. The van der Waals surface area contributed by atoms with E-state index in [1.54, 1.807) is 0 Å². The second kappa shape index (κ2) is 7.97. The fraction of sp³-hybridized carbons (Fsp3) is 0.462. The van der Waals surface area contributed by atoms with Crippen molar-refractivity contribution in [1.29, 1.82) is 0 Å². The van der Waals surface area contributed by atoms with Crippen molar-refractivity contribution in [1.82, 2.24) is 15.1 Å². The first-order valence-corrected chi connectivity index (χ1v) is 11.9. The highest BCUT2D eigenvalue weighted by Crippen LogP contribution is 2.47. The summed E-state index contributed by atoms with van der Waals surface area (Å²) in [4.78, 5) is 30.9. The number of nitrogens with one attached hydrogen (secondary N) is 1. The van der Waals surface area contributed by atoms with Crippen molar-refractivity contribution in [2.24, 2.45) is 5.92 Å². The van der Waals surface area contributed by atoms with Crippen LogP contribution in [-0.2, 0) is 11.2 Å². The maximum absolute atomic E-state index is 13.6. The molecule has 0 unspecified atom stereocenters. The first-order valence-electron chi connectivity index (χ1n) is 11.9. The molecule has 0 radical (unpaired) electrons. The summed E-state index contributed by atoms with van der Waals surface area (Å²) in [6.07, 6.45) is 3.28. The smallest absolute Gasteiger partial charge is 0.318 e. The number of hydrogen-bond donors (Lipinski definition) is 1. The molecule has 2 fully saturated rings. The molecule has 0 saturated carbocycles. The van der Waals surface area contributed by atoms with Crippen LogP contribution in [0.15, 0.2) is 42.5 Å². The lowest BCUT2D eigenvalue weighted by Crippen LogP contribution is -2.61. The Morgan fingerprint density at radius 1 is 1.12 bits per heavy atom. The van der Waals surface area contributed by atoms with Gasteiger partial charge in [0.25, 0.3) is 0 Å². The Morgan fingerprint density at radius 2 is 1.91 bits per heavy atom. The molecular formula is C26H29N3O4. The van der Waals surface area contributed by atoms with Crippen LogP contribution < -0.4 is 14.8 Å². The van der Waals surface area contributed by atoms with E-state index in [9.17, 15) is 9.59 Å². The van der Waals surface area contributed by atoms with Crippen LogP contribution in [0.1, 0.15) is 55.0 Å². The summed E-state index contributed by atoms with van der Waals surface area (Å²) >= 11 is 0. The van der Waals surface area contributed by atoms with Gasteiger partial charge in [0.2, 0.25) is 12.7 Å². The van der Waals surface area contributed by atoms with Gasteiger partial charge in [-0.25, -0.2) is 4.79 Å². The SMILES string of the molecule is C[C@@H](NC(=O)N1CCC[C@H]2C(=O)N3CCc4cc5c(cc4[C@H]3C[C@H]21)OCO5)c1ccccc1. The fourth-order valence-corrected chi connectivity index (χ4v) is 6.03. The van der Waals surface area contributed by atoms with Crippen LogP contribution in [0.25, 0.3) is 0 Å². The Morgan fingerprint density at radius 3 is 2.73 bits per heavy atom. The van der Waals surface area contributed by atoms with Crippen LogP contribution in [0, 0.1) is 5.92 Å². The van der Waals surface area contributed by atoms with Crippen molar-refractivity contribution < 1.29 is 19.1 Å². The number of nitrogens with zero attached hydrogens (tertiary/aromatic N) is 2. The largest absolute Gasteiger partial charge is 0.454 e. The number of carbonyl (C=O) groups is 2. The standard InChI is InChI=1S/C26H29N3O4/c1-16(17-6-3-2-4-7-17)27-26(31)29-10-5-8-19-21(29)14-22-20-13-24-23(32-15-33-24)12-18(20)9-11-28(22)25(19)30/h2-4,6-7,12-13,16,19,21-22H,5,8-11,14-15H2,1H3,(H,27,31)/t16-,19-,21-,22-/m1/s1. The molecule has 33 heavy (non-hydrogen) atoms. The predicted molar refractivity (Wildman–Crippen MR) is 122 cm³/mol. The van der Waals surface area contributed by atoms with Crippen LogP contribution in [0.2, 0.25) is 0 Å². The van der Waals surface area contributed by atoms with Gasteiger partial charge in [-0.05, 0) is 61.4 Å². The third-order valence-electron chi connectivity index (χ3n) is 7.74. The minimum atomic E-state index is -0.122. The summed E-state index contributed by atoms with van der Waals surface area (Å²) < 4.78 is 11.2. The van der Waals surface area contributed by atoms with E-state index in [0.29, 0.717) is 6.54 Å². The normalized spacial score (nSPS) is 26.2. The topological polar surface area (TPSA) is 71.1 Å². The minimum Gasteiger partial charge on any atom is -0.454 e. The molecule has 0 spiro atoms. The van der Waals surface area contributed by atoms with Gasteiger partial charge in [0.05, 0.1) is 18.0 Å². The molecule has 3 amide bonds. The monoisotopic (exact) mass is 447 g/mol. The molecule has 6 rings (SSSR count). The summed E-state index contributed by atoms with van der Waals surface area (Å²) in [5.74, 6) is 1.60. The van der Waals surface area contributed by atoms with E-state index in [4.69, 9.17) is 9.47 Å². The van der Waals surface area contributed by atoms with Crippen LogP contribution in [0.4, 0.5) is 4.79 Å². The molecule has 4 atom stereocenters. The molecule has 7 heteroatoms. The number of hydrogen-bond acceptors (Lipinski definition) is 4. The zero-order chi connectivity index (χ0) is 22.5. The summed E-state index contributed by atoms with van der Waals surface area (Å²) in [6, 6.07) is 13.8. The van der Waals surface area contributed by atoms with Crippen molar-refractivity contribution in [3.63, 3.8) is 0 Å². The number of ether oxygens (including phenoxy) is 2. The van der Waals surface area contributed by atoms with Crippen molar-refractivity contribution in [2.75, 3.05) is 19.9 Å². The molecule has 2 aromatic carbocycles. The maximum Gasteiger partial charge on any atom is 0.318 e. The van der Waals surface area contributed by atoms with Gasteiger partial charge >= 0.3 is 6.03 Å². The fourth-order valence-electron chi connectivity index (χ4n) is 6.03. The van der Waals surface area contributed by atoms with Gasteiger partial charge < -0.3 is 24.6 Å². The lowest BCUT2D eigenvalue weighted by atomic mass is 9.76. The number of fused-ring (bicyclic) bond motifs is 5. The highest BCUT2D eigenvalue weighted by atomic mass is 16.7. The Balaban J connectivity index is 1.27. The van der Waals surface area contributed by atoms with Crippen molar-refractivity contribution in [2.45, 2.75) is 50.7 Å². The summed E-state index contributed by atoms with van der Waals surface area (Å²) in [5, 5.41) is 3.16. The molecule has 172 valence electrons. The van der Waals surface area contributed by atoms with E-state index in [1.165, 1.54) is 5.56 Å². The first-order chi connectivity index (χ1) is 16.1. The van der Waals surface area contributed by atoms with Crippen molar-refractivity contribution >= 4 is 11.9 Å². The molecule has 0 aliphatic carbocycles. The lowest BCUT2D eigenvalue weighted by molar-refractivity contribution is -0.148. The van der Waals surface area contributed by atoms with E-state index in [2.05, 4.69) is 11.4 Å². The third-order valence-corrected chi connectivity index (χ3v) is 7.74. The zero-order valence-electron chi connectivity index (χ0n) is 18.8. The molecule has 4 heterocycles. The second-order valence-corrected chi connectivity index (χ2v) is 9.53. The Bertz CT molecular complexity index is 1090. The van der Waals surface area contributed by atoms with Crippen LogP contribution in [-0.4, -0.2) is 47.7 Å². The highest BCUT2D eigenvalue weighted by molar-refractivity contribution is 5.84. The van der Waals surface area contributed by atoms with Crippen molar-refractivity contribution in [3.8, 4) is 11.5 Å². The number of carbonyl (C=O) groups excluding carboxylic acids is 2. The predicted octanol–water partition coefficient (Wildman–Crippen LogP) is 3.80. The van der Waals surface area contributed by atoms with Gasteiger partial charge in [-0.1, -0.05) is 30.3 Å². The molecule has 4 aliphatic rings. The lowest BCUT2D eigenvalue weighted by Gasteiger charge is -2.51. The molecule has 2 saturated heterocycles. The van der Waals surface area contributed by atoms with Gasteiger partial charge in [-0.2, -0.15) is 0 Å². The molecule has 7 nitrogen and oxygen atoms in total. The van der Waals surface area contributed by atoms with E-state index in [-0.39, 0.29) is 42.8 Å². The van der Waals surface area contributed by atoms with Crippen LogP contribution in [0.3, 0.4) is 0 Å². The van der Waals surface area contributed by atoms with Gasteiger partial charge in [-0.3, -0.25) is 4.79 Å². The van der Waals surface area contributed by atoms with Crippen molar-refractivity contribution in [3.05, 3.63) is 59.2 Å². The average Bonchev–Trinajstić information content (AvgIpc) is 3.30. The zero-order valence-corrected chi connectivity index (χ0v) is 18.8.